The van der Waals surface area contributed by atoms with Crippen LogP contribution >= 0.6 is 0 Å². The van der Waals surface area contributed by atoms with E-state index in [0.717, 1.165) is 45.3 Å². The van der Waals surface area contributed by atoms with E-state index >= 15 is 0 Å². The minimum Gasteiger partial charge on any atom is -0.396 e. The summed E-state index contributed by atoms with van der Waals surface area (Å²) >= 11 is 0. The number of nitrogens with zero attached hydrogens (tertiary/aromatic N) is 1. The lowest BCUT2D eigenvalue weighted by molar-refractivity contribution is -0.0773. The SMILES string of the molecule is CCc1cccc2c3c(n(Cc4ccccc4)c12)C(CC)(CCCO)OCC3. The van der Waals surface area contributed by atoms with Crippen molar-refractivity contribution in [3.8, 4) is 0 Å². The summed E-state index contributed by atoms with van der Waals surface area (Å²) in [5, 5.41) is 10.9. The second-order valence-electron chi connectivity index (χ2n) is 7.84. The lowest BCUT2D eigenvalue weighted by Crippen LogP contribution is -2.37. The molecule has 148 valence electrons. The highest BCUT2D eigenvalue weighted by atomic mass is 16.5. The molecule has 1 atom stereocenters. The summed E-state index contributed by atoms with van der Waals surface area (Å²) in [5.74, 6) is 0. The number of aliphatic hydroxyl groups is 1. The van der Waals surface area contributed by atoms with Gasteiger partial charge in [-0.15, -0.1) is 0 Å². The molecule has 0 radical (unpaired) electrons. The molecular formula is C25H31NO2. The Morgan fingerprint density at radius 1 is 1.07 bits per heavy atom. The summed E-state index contributed by atoms with van der Waals surface area (Å²) in [6.07, 6.45) is 4.53. The molecule has 1 aromatic heterocycles. The van der Waals surface area contributed by atoms with E-state index in [-0.39, 0.29) is 12.2 Å². The summed E-state index contributed by atoms with van der Waals surface area (Å²) in [6, 6.07) is 17.5. The highest BCUT2D eigenvalue weighted by molar-refractivity contribution is 5.89. The lowest BCUT2D eigenvalue weighted by Gasteiger charge is -2.38. The van der Waals surface area contributed by atoms with Crippen LogP contribution in [0.4, 0.5) is 0 Å². The van der Waals surface area contributed by atoms with E-state index in [1.54, 1.807) is 0 Å². The van der Waals surface area contributed by atoms with Crippen LogP contribution in [0.1, 0.15) is 55.5 Å². The standard InChI is InChI=1S/C25H31NO2/c1-3-20-12-8-13-21-22-14-17-28-25(4-2,15-9-16-27)24(22)26(23(20)21)18-19-10-6-5-7-11-19/h5-8,10-13,27H,3-4,9,14-18H2,1-2H3. The van der Waals surface area contributed by atoms with Crippen molar-refractivity contribution in [2.75, 3.05) is 13.2 Å². The fourth-order valence-corrected chi connectivity index (χ4v) is 4.96. The monoisotopic (exact) mass is 377 g/mol. The van der Waals surface area contributed by atoms with E-state index in [2.05, 4.69) is 66.9 Å². The van der Waals surface area contributed by atoms with Gasteiger partial charge in [0, 0.05) is 18.5 Å². The van der Waals surface area contributed by atoms with Gasteiger partial charge >= 0.3 is 0 Å². The molecule has 0 aliphatic carbocycles. The van der Waals surface area contributed by atoms with Crippen LogP contribution in [0.15, 0.2) is 48.5 Å². The Balaban J connectivity index is 1.99. The molecule has 3 nitrogen and oxygen atoms in total. The topological polar surface area (TPSA) is 34.4 Å². The maximum Gasteiger partial charge on any atom is 0.108 e. The fraction of sp³-hybridized carbons (Fsp3) is 0.440. The number of aliphatic hydroxyl groups excluding tert-OH is 1. The Bertz CT molecular complexity index is 944. The second kappa shape index (κ2) is 8.10. The van der Waals surface area contributed by atoms with Crippen molar-refractivity contribution in [2.45, 2.75) is 58.1 Å². The third-order valence-electron chi connectivity index (χ3n) is 6.31. The highest BCUT2D eigenvalue weighted by Gasteiger charge is 2.40. The molecule has 3 heteroatoms. The van der Waals surface area contributed by atoms with Gasteiger partial charge in [-0.3, -0.25) is 0 Å². The average molecular weight is 378 g/mol. The van der Waals surface area contributed by atoms with Crippen LogP contribution in [0.2, 0.25) is 0 Å². The van der Waals surface area contributed by atoms with Gasteiger partial charge in [0.25, 0.3) is 0 Å². The van der Waals surface area contributed by atoms with Gasteiger partial charge in [-0.05, 0) is 48.8 Å². The summed E-state index contributed by atoms with van der Waals surface area (Å²) in [7, 11) is 0. The summed E-state index contributed by atoms with van der Waals surface area (Å²) in [5.41, 5.74) is 6.56. The lowest BCUT2D eigenvalue weighted by atomic mass is 9.85. The number of rotatable bonds is 7. The third-order valence-corrected chi connectivity index (χ3v) is 6.31. The third kappa shape index (κ3) is 3.17. The van der Waals surface area contributed by atoms with Gasteiger partial charge < -0.3 is 14.4 Å². The molecule has 1 aliphatic heterocycles. The Morgan fingerprint density at radius 2 is 1.89 bits per heavy atom. The first-order valence-corrected chi connectivity index (χ1v) is 10.7. The smallest absolute Gasteiger partial charge is 0.108 e. The molecule has 2 aromatic carbocycles. The molecule has 0 bridgehead atoms. The molecule has 3 aromatic rings. The molecular weight excluding hydrogens is 346 g/mol. The quantitative estimate of drug-likeness (QED) is 0.614. The molecule has 28 heavy (non-hydrogen) atoms. The van der Waals surface area contributed by atoms with Gasteiger partial charge in [0.2, 0.25) is 0 Å². The van der Waals surface area contributed by atoms with Crippen molar-refractivity contribution < 1.29 is 9.84 Å². The van der Waals surface area contributed by atoms with E-state index < -0.39 is 0 Å². The van der Waals surface area contributed by atoms with Crippen LogP contribution in [0, 0.1) is 0 Å². The highest BCUT2D eigenvalue weighted by Crippen LogP contribution is 2.45. The molecule has 1 unspecified atom stereocenters. The minimum absolute atomic E-state index is 0.208. The van der Waals surface area contributed by atoms with Crippen LogP contribution in [0.3, 0.4) is 0 Å². The molecule has 1 aliphatic rings. The molecule has 2 heterocycles. The maximum absolute atomic E-state index is 9.52. The van der Waals surface area contributed by atoms with E-state index in [1.807, 2.05) is 0 Å². The molecule has 0 saturated carbocycles. The van der Waals surface area contributed by atoms with E-state index in [1.165, 1.54) is 33.3 Å². The summed E-state index contributed by atoms with van der Waals surface area (Å²) in [4.78, 5) is 0. The molecule has 4 rings (SSSR count). The number of benzene rings is 2. The van der Waals surface area contributed by atoms with Gasteiger partial charge in [0.1, 0.15) is 5.60 Å². The first-order chi connectivity index (χ1) is 13.7. The van der Waals surface area contributed by atoms with Gasteiger partial charge in [-0.25, -0.2) is 0 Å². The van der Waals surface area contributed by atoms with Crippen molar-refractivity contribution in [1.82, 2.24) is 4.57 Å². The first kappa shape index (κ1) is 19.2. The van der Waals surface area contributed by atoms with Gasteiger partial charge in [-0.1, -0.05) is 62.4 Å². The largest absolute Gasteiger partial charge is 0.396 e. The van der Waals surface area contributed by atoms with Crippen LogP contribution < -0.4 is 0 Å². The van der Waals surface area contributed by atoms with Crippen LogP contribution in [-0.2, 0) is 29.7 Å². The number of hydrogen-bond donors (Lipinski definition) is 1. The van der Waals surface area contributed by atoms with E-state index in [0.29, 0.717) is 0 Å². The Labute approximate surface area is 168 Å². The molecule has 0 saturated heterocycles. The van der Waals surface area contributed by atoms with Crippen molar-refractivity contribution >= 4 is 10.9 Å². The molecule has 0 fully saturated rings. The maximum atomic E-state index is 9.52. The number of fused-ring (bicyclic) bond motifs is 3. The Morgan fingerprint density at radius 3 is 2.61 bits per heavy atom. The van der Waals surface area contributed by atoms with Crippen LogP contribution in [0.5, 0.6) is 0 Å². The zero-order valence-electron chi connectivity index (χ0n) is 17.1. The average Bonchev–Trinajstić information content (AvgIpc) is 3.08. The normalized spacial score (nSPS) is 19.1. The van der Waals surface area contributed by atoms with Crippen molar-refractivity contribution in [1.29, 1.82) is 0 Å². The predicted molar refractivity (Wildman–Crippen MR) is 115 cm³/mol. The van der Waals surface area contributed by atoms with Gasteiger partial charge in [-0.2, -0.15) is 0 Å². The van der Waals surface area contributed by atoms with Crippen molar-refractivity contribution in [3.05, 3.63) is 70.9 Å². The van der Waals surface area contributed by atoms with Gasteiger partial charge in [0.05, 0.1) is 17.8 Å². The summed E-state index contributed by atoms with van der Waals surface area (Å²) < 4.78 is 9.02. The van der Waals surface area contributed by atoms with Gasteiger partial charge in [0.15, 0.2) is 0 Å². The Hall–Kier alpha value is -2.10. The molecule has 1 N–H and O–H groups in total. The van der Waals surface area contributed by atoms with Crippen LogP contribution in [0.25, 0.3) is 10.9 Å². The number of aryl methyl sites for hydroxylation is 1. The fourth-order valence-electron chi connectivity index (χ4n) is 4.96. The number of hydrogen-bond acceptors (Lipinski definition) is 2. The van der Waals surface area contributed by atoms with E-state index in [9.17, 15) is 5.11 Å². The number of para-hydroxylation sites is 1. The molecule has 0 amide bonds. The zero-order chi connectivity index (χ0) is 19.6. The summed E-state index contributed by atoms with van der Waals surface area (Å²) in [6.45, 7) is 6.28. The zero-order valence-corrected chi connectivity index (χ0v) is 17.1. The van der Waals surface area contributed by atoms with Crippen molar-refractivity contribution in [3.63, 3.8) is 0 Å². The predicted octanol–water partition coefficient (Wildman–Crippen LogP) is 5.20. The number of ether oxygens (including phenoxy) is 1. The Kier molecular flexibility index (Phi) is 5.56. The number of aromatic nitrogens is 1. The first-order valence-electron chi connectivity index (χ1n) is 10.7. The van der Waals surface area contributed by atoms with E-state index in [4.69, 9.17) is 4.74 Å². The second-order valence-corrected chi connectivity index (χ2v) is 7.84. The molecule has 0 spiro atoms. The van der Waals surface area contributed by atoms with Crippen molar-refractivity contribution in [2.24, 2.45) is 0 Å². The van der Waals surface area contributed by atoms with Crippen LogP contribution in [-0.4, -0.2) is 22.9 Å². The minimum atomic E-state index is -0.310.